The van der Waals surface area contributed by atoms with E-state index in [0.717, 1.165) is 44.6 Å². The average Bonchev–Trinajstić information content (AvgIpc) is 3.30. The smallest absolute Gasteiger partial charge is 0.320 e. The van der Waals surface area contributed by atoms with E-state index in [9.17, 15) is 9.59 Å². The SMILES string of the molecule is CN1CC(=O)N(c2cccnc2)C[C@@]12CCN(C(=O)N1CCCC1)C2. The summed E-state index contributed by atoms with van der Waals surface area (Å²) >= 11 is 0. The van der Waals surface area contributed by atoms with E-state index < -0.39 is 0 Å². The first kappa shape index (κ1) is 16.3. The number of aromatic nitrogens is 1. The van der Waals surface area contributed by atoms with E-state index in [1.807, 2.05) is 33.9 Å². The third-order valence-electron chi connectivity index (χ3n) is 5.87. The lowest BCUT2D eigenvalue weighted by atomic mass is 9.92. The lowest BCUT2D eigenvalue weighted by Gasteiger charge is -2.46. The molecule has 4 heterocycles. The number of rotatable bonds is 1. The number of pyridine rings is 1. The van der Waals surface area contributed by atoms with Crippen molar-refractivity contribution in [1.29, 1.82) is 0 Å². The van der Waals surface area contributed by atoms with E-state index in [1.54, 1.807) is 12.4 Å². The first-order valence-corrected chi connectivity index (χ1v) is 9.05. The third-order valence-corrected chi connectivity index (χ3v) is 5.87. The van der Waals surface area contributed by atoms with Crippen LogP contribution in [0.2, 0.25) is 0 Å². The molecule has 0 bridgehead atoms. The third kappa shape index (κ3) is 2.86. The van der Waals surface area contributed by atoms with Crippen molar-refractivity contribution in [3.8, 4) is 0 Å². The van der Waals surface area contributed by atoms with Crippen molar-refractivity contribution in [2.75, 3.05) is 51.2 Å². The number of amides is 3. The minimum absolute atomic E-state index is 0.0884. The molecule has 0 unspecified atom stereocenters. The summed E-state index contributed by atoms with van der Waals surface area (Å²) in [7, 11) is 2.00. The predicted octanol–water partition coefficient (Wildman–Crippen LogP) is 1.02. The van der Waals surface area contributed by atoms with Crippen molar-refractivity contribution >= 4 is 17.6 Å². The molecule has 0 aromatic carbocycles. The van der Waals surface area contributed by atoms with Crippen molar-refractivity contribution in [2.24, 2.45) is 0 Å². The first-order chi connectivity index (χ1) is 12.1. The molecule has 0 radical (unpaired) electrons. The standard InChI is InChI=1S/C18H25N5O2/c1-20-12-16(24)23(15-5-4-7-19-11-15)14-18(20)6-10-22(13-18)17(25)21-8-2-3-9-21/h4-5,7,11H,2-3,6,8-10,12-14H2,1H3/t18-/m0/s1. The van der Waals surface area contributed by atoms with Crippen molar-refractivity contribution in [3.63, 3.8) is 0 Å². The van der Waals surface area contributed by atoms with Crippen LogP contribution in [0, 0.1) is 0 Å². The van der Waals surface area contributed by atoms with Crippen molar-refractivity contribution in [3.05, 3.63) is 24.5 Å². The van der Waals surface area contributed by atoms with Gasteiger partial charge in [0, 0.05) is 38.9 Å². The highest BCUT2D eigenvalue weighted by Gasteiger charge is 2.49. The maximum atomic E-state index is 12.7. The number of hydrogen-bond acceptors (Lipinski definition) is 4. The number of urea groups is 1. The largest absolute Gasteiger partial charge is 0.325 e. The van der Waals surface area contributed by atoms with Gasteiger partial charge in [-0.2, -0.15) is 0 Å². The van der Waals surface area contributed by atoms with Gasteiger partial charge in [0.05, 0.1) is 24.0 Å². The molecule has 3 saturated heterocycles. The molecule has 25 heavy (non-hydrogen) atoms. The molecule has 4 rings (SSSR count). The molecule has 3 amide bonds. The van der Waals surface area contributed by atoms with E-state index in [0.29, 0.717) is 19.6 Å². The summed E-state index contributed by atoms with van der Waals surface area (Å²) in [6.45, 7) is 4.17. The monoisotopic (exact) mass is 343 g/mol. The van der Waals surface area contributed by atoms with Crippen LogP contribution >= 0.6 is 0 Å². The molecule has 0 aliphatic carbocycles. The summed E-state index contributed by atoms with van der Waals surface area (Å²) in [6.07, 6.45) is 6.56. The van der Waals surface area contributed by atoms with Gasteiger partial charge in [0.2, 0.25) is 5.91 Å². The van der Waals surface area contributed by atoms with E-state index >= 15 is 0 Å². The van der Waals surface area contributed by atoms with Crippen LogP contribution in [0.1, 0.15) is 19.3 Å². The van der Waals surface area contributed by atoms with E-state index in [4.69, 9.17) is 0 Å². The minimum atomic E-state index is -0.168. The van der Waals surface area contributed by atoms with Gasteiger partial charge < -0.3 is 14.7 Å². The molecule has 0 N–H and O–H groups in total. The lowest BCUT2D eigenvalue weighted by molar-refractivity contribution is -0.123. The number of nitrogens with zero attached hydrogens (tertiary/aromatic N) is 5. The molecule has 1 aromatic rings. The average molecular weight is 343 g/mol. The van der Waals surface area contributed by atoms with Crippen molar-refractivity contribution < 1.29 is 9.59 Å². The molecule has 1 spiro atoms. The molecule has 7 nitrogen and oxygen atoms in total. The molecule has 7 heteroatoms. The van der Waals surface area contributed by atoms with Crippen LogP contribution in [0.5, 0.6) is 0 Å². The quantitative estimate of drug-likeness (QED) is 0.764. The zero-order valence-corrected chi connectivity index (χ0v) is 14.7. The lowest BCUT2D eigenvalue weighted by Crippen LogP contribution is -2.64. The number of likely N-dealkylation sites (tertiary alicyclic amines) is 2. The van der Waals surface area contributed by atoms with Crippen LogP contribution in [0.3, 0.4) is 0 Å². The van der Waals surface area contributed by atoms with Gasteiger partial charge in [-0.25, -0.2) is 4.79 Å². The van der Waals surface area contributed by atoms with Gasteiger partial charge in [0.25, 0.3) is 0 Å². The summed E-state index contributed by atoms with van der Waals surface area (Å²) in [5, 5.41) is 0. The fraction of sp³-hybridized carbons (Fsp3) is 0.611. The minimum Gasteiger partial charge on any atom is -0.325 e. The number of likely N-dealkylation sites (N-methyl/N-ethyl adjacent to an activating group) is 1. The highest BCUT2D eigenvalue weighted by Crippen LogP contribution is 2.33. The maximum absolute atomic E-state index is 12.7. The van der Waals surface area contributed by atoms with E-state index in [-0.39, 0.29) is 17.5 Å². The highest BCUT2D eigenvalue weighted by atomic mass is 16.2. The summed E-state index contributed by atoms with van der Waals surface area (Å²) in [5.41, 5.74) is 0.670. The Morgan fingerprint density at radius 3 is 2.68 bits per heavy atom. The first-order valence-electron chi connectivity index (χ1n) is 9.05. The van der Waals surface area contributed by atoms with Crippen LogP contribution in [0.4, 0.5) is 10.5 Å². The number of carbonyl (C=O) groups is 2. The van der Waals surface area contributed by atoms with Crippen molar-refractivity contribution in [2.45, 2.75) is 24.8 Å². The molecule has 1 atom stereocenters. The van der Waals surface area contributed by atoms with Gasteiger partial charge in [-0.1, -0.05) is 0 Å². The topological polar surface area (TPSA) is 60.0 Å². The molecule has 1 aromatic heterocycles. The maximum Gasteiger partial charge on any atom is 0.320 e. The summed E-state index contributed by atoms with van der Waals surface area (Å²) in [6, 6.07) is 3.94. The zero-order valence-electron chi connectivity index (χ0n) is 14.7. The Labute approximate surface area is 148 Å². The van der Waals surface area contributed by atoms with Crippen molar-refractivity contribution in [1.82, 2.24) is 19.7 Å². The second kappa shape index (κ2) is 6.29. The summed E-state index contributed by atoms with van der Waals surface area (Å²) in [5.74, 6) is 0.0884. The van der Waals surface area contributed by atoms with Crippen LogP contribution in [-0.2, 0) is 4.79 Å². The Bertz CT molecular complexity index is 661. The van der Waals surface area contributed by atoms with Gasteiger partial charge >= 0.3 is 6.03 Å². The fourth-order valence-corrected chi connectivity index (χ4v) is 4.28. The molecule has 3 fully saturated rings. The van der Waals surface area contributed by atoms with Crippen LogP contribution in [0.15, 0.2) is 24.5 Å². The van der Waals surface area contributed by atoms with Gasteiger partial charge in [0.1, 0.15) is 0 Å². The Kier molecular flexibility index (Phi) is 4.11. The summed E-state index contributed by atoms with van der Waals surface area (Å²) in [4.78, 5) is 37.3. The molecule has 3 aliphatic rings. The Balaban J connectivity index is 1.52. The fourth-order valence-electron chi connectivity index (χ4n) is 4.28. The van der Waals surface area contributed by atoms with Crippen LogP contribution in [0.25, 0.3) is 0 Å². The van der Waals surface area contributed by atoms with Gasteiger partial charge in [0.15, 0.2) is 0 Å². The highest BCUT2D eigenvalue weighted by molar-refractivity contribution is 5.95. The van der Waals surface area contributed by atoms with Gasteiger partial charge in [-0.05, 0) is 38.4 Å². The second-order valence-corrected chi connectivity index (χ2v) is 7.42. The zero-order chi connectivity index (χ0) is 17.4. The number of carbonyl (C=O) groups excluding carboxylic acids is 2. The Morgan fingerprint density at radius 2 is 1.96 bits per heavy atom. The summed E-state index contributed by atoms with van der Waals surface area (Å²) < 4.78 is 0. The predicted molar refractivity (Wildman–Crippen MR) is 94.3 cm³/mol. The Hall–Kier alpha value is -2.15. The normalized spacial score (nSPS) is 27.6. The van der Waals surface area contributed by atoms with Gasteiger partial charge in [-0.15, -0.1) is 0 Å². The number of piperazine rings is 1. The number of anilines is 1. The van der Waals surface area contributed by atoms with Crippen LogP contribution in [-0.4, -0.2) is 83.5 Å². The Morgan fingerprint density at radius 1 is 1.16 bits per heavy atom. The van der Waals surface area contributed by atoms with E-state index in [2.05, 4.69) is 9.88 Å². The molecular formula is C18H25N5O2. The van der Waals surface area contributed by atoms with Gasteiger partial charge in [-0.3, -0.25) is 14.7 Å². The van der Waals surface area contributed by atoms with E-state index in [1.165, 1.54) is 0 Å². The van der Waals surface area contributed by atoms with Crippen LogP contribution < -0.4 is 4.90 Å². The molecular weight excluding hydrogens is 318 g/mol. The second-order valence-electron chi connectivity index (χ2n) is 7.42. The molecule has 3 aliphatic heterocycles. The number of hydrogen-bond donors (Lipinski definition) is 0. The molecule has 0 saturated carbocycles. The molecule has 134 valence electrons.